The molecule has 35 heavy (non-hydrogen) atoms. The highest BCUT2D eigenvalue weighted by Crippen LogP contribution is 2.53. The van der Waals surface area contributed by atoms with Crippen molar-refractivity contribution in [3.8, 4) is 23.0 Å². The highest BCUT2D eigenvalue weighted by atomic mass is 35.5. The Balaban J connectivity index is 1.84. The molecule has 6 nitrogen and oxygen atoms in total. The molecule has 192 valence electrons. The molecule has 0 N–H and O–H groups in total. The fraction of sp³-hybridized carbons (Fsp3) is 0.571. The molecule has 0 saturated carbocycles. The highest BCUT2D eigenvalue weighted by molar-refractivity contribution is 6.31. The van der Waals surface area contributed by atoms with Crippen LogP contribution < -0.4 is 18.9 Å². The summed E-state index contributed by atoms with van der Waals surface area (Å²) in [6.45, 7) is 4.92. The van der Waals surface area contributed by atoms with Crippen LogP contribution >= 0.6 is 11.6 Å². The second-order valence-electron chi connectivity index (χ2n) is 8.98. The van der Waals surface area contributed by atoms with E-state index in [1.54, 1.807) is 18.2 Å². The minimum absolute atomic E-state index is 0.259. The van der Waals surface area contributed by atoms with E-state index in [0.717, 1.165) is 64.2 Å². The average Bonchev–Trinajstić information content (AvgIpc) is 2.85. The maximum Gasteiger partial charge on any atom is 0.311 e. The van der Waals surface area contributed by atoms with E-state index in [1.165, 1.54) is 0 Å². The molecular weight excluding hydrogens is 468 g/mol. The van der Waals surface area contributed by atoms with E-state index >= 15 is 0 Å². The van der Waals surface area contributed by atoms with Gasteiger partial charge in [-0.1, -0.05) is 76.8 Å². The quantitative estimate of drug-likeness (QED) is 0.148. The van der Waals surface area contributed by atoms with Gasteiger partial charge in [0, 0.05) is 28.6 Å². The summed E-state index contributed by atoms with van der Waals surface area (Å²) in [5.41, 5.74) is 0. The Labute approximate surface area is 213 Å². The van der Waals surface area contributed by atoms with E-state index in [4.69, 9.17) is 30.5 Å². The lowest BCUT2D eigenvalue weighted by Crippen LogP contribution is -2.19. The van der Waals surface area contributed by atoms with Crippen LogP contribution in [0.15, 0.2) is 18.2 Å². The molecule has 2 aromatic carbocycles. The molecular formula is C28H37ClO6. The van der Waals surface area contributed by atoms with Gasteiger partial charge in [0.05, 0.1) is 0 Å². The predicted octanol–water partition coefficient (Wildman–Crippen LogP) is 7.80. The molecule has 0 aromatic heterocycles. The van der Waals surface area contributed by atoms with Gasteiger partial charge < -0.3 is 18.9 Å². The van der Waals surface area contributed by atoms with Gasteiger partial charge in [-0.2, -0.15) is 0 Å². The fourth-order valence-electron chi connectivity index (χ4n) is 4.18. The SMILES string of the molecule is CCCCCCCC(=O)Oc1c2c(c(OC(=O)CCCCCCC)c3cc(Cl)ccc13)OCCO2. The van der Waals surface area contributed by atoms with Crippen LogP contribution in [-0.4, -0.2) is 25.2 Å². The number of rotatable bonds is 14. The molecule has 0 atom stereocenters. The van der Waals surface area contributed by atoms with Gasteiger partial charge >= 0.3 is 11.9 Å². The molecule has 0 aliphatic carbocycles. The topological polar surface area (TPSA) is 71.1 Å². The van der Waals surface area contributed by atoms with Crippen LogP contribution in [0.2, 0.25) is 5.02 Å². The van der Waals surface area contributed by atoms with Crippen molar-refractivity contribution in [2.75, 3.05) is 13.2 Å². The smallest absolute Gasteiger partial charge is 0.311 e. The lowest BCUT2D eigenvalue weighted by Gasteiger charge is -2.25. The number of halogens is 1. The number of unbranched alkanes of at least 4 members (excludes halogenated alkanes) is 8. The molecule has 0 saturated heterocycles. The minimum atomic E-state index is -0.337. The summed E-state index contributed by atoms with van der Waals surface area (Å²) in [6.07, 6.45) is 11.0. The van der Waals surface area contributed by atoms with Crippen molar-refractivity contribution in [2.24, 2.45) is 0 Å². The van der Waals surface area contributed by atoms with Crippen molar-refractivity contribution in [1.82, 2.24) is 0 Å². The van der Waals surface area contributed by atoms with Crippen molar-refractivity contribution in [3.05, 3.63) is 23.2 Å². The van der Waals surface area contributed by atoms with E-state index in [-0.39, 0.29) is 34.9 Å². The Hall–Kier alpha value is -2.47. The van der Waals surface area contributed by atoms with Crippen LogP contribution in [0.4, 0.5) is 0 Å². The fourth-order valence-corrected chi connectivity index (χ4v) is 4.35. The number of ether oxygens (including phenoxy) is 4. The standard InChI is InChI=1S/C28H37ClO6/c1-3-5-7-9-11-13-23(30)34-25-21-16-15-20(29)19-22(21)26(28-27(25)32-17-18-33-28)35-24(31)14-12-10-8-6-4-2/h15-16,19H,3-14,17-18H2,1-2H3. The predicted molar refractivity (Wildman–Crippen MR) is 138 cm³/mol. The van der Waals surface area contributed by atoms with Crippen molar-refractivity contribution >= 4 is 34.3 Å². The maximum absolute atomic E-state index is 12.7. The summed E-state index contributed by atoms with van der Waals surface area (Å²) in [6, 6.07) is 5.16. The Morgan fingerprint density at radius 2 is 1.23 bits per heavy atom. The number of carbonyl (C=O) groups is 2. The highest BCUT2D eigenvalue weighted by Gasteiger charge is 2.29. The monoisotopic (exact) mass is 504 g/mol. The van der Waals surface area contributed by atoms with E-state index in [0.29, 0.717) is 41.9 Å². The van der Waals surface area contributed by atoms with Crippen molar-refractivity contribution in [1.29, 1.82) is 0 Å². The summed E-state index contributed by atoms with van der Waals surface area (Å²) in [5.74, 6) is 0.438. The van der Waals surface area contributed by atoms with Gasteiger partial charge in [0.1, 0.15) is 13.2 Å². The number of benzene rings is 2. The summed E-state index contributed by atoms with van der Waals surface area (Å²) < 4.78 is 23.4. The maximum atomic E-state index is 12.7. The normalized spacial score (nSPS) is 12.5. The number of hydrogen-bond donors (Lipinski definition) is 0. The first-order valence-corrected chi connectivity index (χ1v) is 13.4. The van der Waals surface area contributed by atoms with E-state index in [9.17, 15) is 9.59 Å². The third kappa shape index (κ3) is 7.76. The summed E-state index contributed by atoms with van der Waals surface area (Å²) in [7, 11) is 0. The molecule has 0 spiro atoms. The molecule has 7 heteroatoms. The zero-order chi connectivity index (χ0) is 25.0. The van der Waals surface area contributed by atoms with Gasteiger partial charge in [-0.15, -0.1) is 0 Å². The summed E-state index contributed by atoms with van der Waals surface area (Å²) >= 11 is 6.29. The van der Waals surface area contributed by atoms with Crippen LogP contribution in [0.5, 0.6) is 23.0 Å². The lowest BCUT2D eigenvalue weighted by atomic mass is 10.1. The summed E-state index contributed by atoms with van der Waals surface area (Å²) in [4.78, 5) is 25.3. The third-order valence-corrected chi connectivity index (χ3v) is 6.30. The van der Waals surface area contributed by atoms with E-state index in [2.05, 4.69) is 13.8 Å². The zero-order valence-electron chi connectivity index (χ0n) is 21.0. The molecule has 1 heterocycles. The van der Waals surface area contributed by atoms with Crippen LogP contribution in [0, 0.1) is 0 Å². The number of esters is 2. The molecule has 1 aliphatic rings. The summed E-state index contributed by atoms with van der Waals surface area (Å²) in [5, 5.41) is 1.61. The van der Waals surface area contributed by atoms with Crippen LogP contribution in [0.1, 0.15) is 90.9 Å². The number of hydrogen-bond acceptors (Lipinski definition) is 6. The first-order chi connectivity index (χ1) is 17.0. The zero-order valence-corrected chi connectivity index (χ0v) is 21.7. The second kappa shape index (κ2) is 14.2. The van der Waals surface area contributed by atoms with Crippen LogP contribution in [-0.2, 0) is 9.59 Å². The Morgan fingerprint density at radius 3 is 1.74 bits per heavy atom. The average molecular weight is 505 g/mol. The van der Waals surface area contributed by atoms with Gasteiger partial charge in [-0.25, -0.2) is 0 Å². The second-order valence-corrected chi connectivity index (χ2v) is 9.42. The molecule has 0 amide bonds. The molecule has 0 unspecified atom stereocenters. The van der Waals surface area contributed by atoms with Gasteiger partial charge in [0.2, 0.25) is 11.5 Å². The Bertz CT molecular complexity index is 1000. The van der Waals surface area contributed by atoms with Crippen molar-refractivity contribution < 1.29 is 28.5 Å². The Kier molecular flexibility index (Phi) is 11.0. The van der Waals surface area contributed by atoms with Crippen LogP contribution in [0.3, 0.4) is 0 Å². The number of fused-ring (bicyclic) bond motifs is 2. The molecule has 2 aromatic rings. The van der Waals surface area contributed by atoms with Gasteiger partial charge in [0.25, 0.3) is 0 Å². The first-order valence-electron chi connectivity index (χ1n) is 13.0. The van der Waals surface area contributed by atoms with E-state index < -0.39 is 0 Å². The largest absolute Gasteiger partial charge is 0.483 e. The van der Waals surface area contributed by atoms with Gasteiger partial charge in [-0.3, -0.25) is 9.59 Å². The third-order valence-electron chi connectivity index (χ3n) is 6.07. The van der Waals surface area contributed by atoms with Gasteiger partial charge in [-0.05, 0) is 31.0 Å². The van der Waals surface area contributed by atoms with Crippen molar-refractivity contribution in [2.45, 2.75) is 90.9 Å². The number of carbonyl (C=O) groups excluding carboxylic acids is 2. The lowest BCUT2D eigenvalue weighted by molar-refractivity contribution is -0.135. The molecule has 0 fully saturated rings. The molecule has 3 rings (SSSR count). The molecule has 1 aliphatic heterocycles. The molecule has 0 radical (unpaired) electrons. The van der Waals surface area contributed by atoms with Gasteiger partial charge in [0.15, 0.2) is 11.5 Å². The first kappa shape index (κ1) is 27.1. The minimum Gasteiger partial charge on any atom is -0.483 e. The van der Waals surface area contributed by atoms with E-state index in [1.807, 2.05) is 0 Å². The van der Waals surface area contributed by atoms with Crippen molar-refractivity contribution in [3.63, 3.8) is 0 Å². The van der Waals surface area contributed by atoms with Crippen LogP contribution in [0.25, 0.3) is 10.8 Å². The Morgan fingerprint density at radius 1 is 0.743 bits per heavy atom. The molecule has 0 bridgehead atoms.